The number of para-hydroxylation sites is 2. The molecule has 1 aliphatic rings. The number of amides is 1. The van der Waals surface area contributed by atoms with Crippen LogP contribution in [-0.2, 0) is 4.79 Å². The lowest BCUT2D eigenvalue weighted by Gasteiger charge is -2.30. The Hall–Kier alpha value is -2.49. The highest BCUT2D eigenvalue weighted by atomic mass is 16.6. The van der Waals surface area contributed by atoms with Crippen molar-refractivity contribution in [1.82, 2.24) is 4.90 Å². The molecule has 2 aromatic carbocycles. The number of rotatable bonds is 5. The lowest BCUT2D eigenvalue weighted by atomic mass is 9.97. The second-order valence-electron chi connectivity index (χ2n) is 6.29. The van der Waals surface area contributed by atoms with E-state index in [1.54, 1.807) is 4.90 Å². The van der Waals surface area contributed by atoms with Crippen molar-refractivity contribution < 1.29 is 14.3 Å². The topological polar surface area (TPSA) is 38.8 Å². The van der Waals surface area contributed by atoms with Gasteiger partial charge in [0.25, 0.3) is 0 Å². The monoisotopic (exact) mass is 325 g/mol. The molecule has 4 heteroatoms. The maximum Gasteiger partial charge on any atom is 0.223 e. The van der Waals surface area contributed by atoms with Crippen molar-refractivity contribution in [3.05, 3.63) is 60.2 Å². The maximum atomic E-state index is 12.5. The van der Waals surface area contributed by atoms with Crippen molar-refractivity contribution in [2.75, 3.05) is 20.2 Å². The summed E-state index contributed by atoms with van der Waals surface area (Å²) in [5, 5.41) is 0. The van der Waals surface area contributed by atoms with Gasteiger partial charge in [0.2, 0.25) is 5.91 Å². The third kappa shape index (κ3) is 3.88. The van der Waals surface area contributed by atoms with E-state index >= 15 is 0 Å². The largest absolute Gasteiger partial charge is 0.486 e. The van der Waals surface area contributed by atoms with Gasteiger partial charge in [0.15, 0.2) is 17.6 Å². The molecule has 0 radical (unpaired) electrons. The average molecular weight is 325 g/mol. The Morgan fingerprint density at radius 3 is 2.54 bits per heavy atom. The number of carbonyl (C=O) groups is 1. The third-order valence-electron chi connectivity index (χ3n) is 4.32. The Morgan fingerprint density at radius 2 is 1.79 bits per heavy atom. The molecule has 0 aromatic heterocycles. The number of fused-ring (bicyclic) bond motifs is 1. The molecular formula is C20H23NO3. The van der Waals surface area contributed by atoms with E-state index in [4.69, 9.17) is 9.47 Å². The molecule has 0 spiro atoms. The minimum Gasteiger partial charge on any atom is -0.486 e. The zero-order valence-electron chi connectivity index (χ0n) is 14.1. The van der Waals surface area contributed by atoms with Crippen LogP contribution in [0.3, 0.4) is 0 Å². The Morgan fingerprint density at radius 1 is 1.12 bits per heavy atom. The van der Waals surface area contributed by atoms with Crippen LogP contribution < -0.4 is 9.47 Å². The second kappa shape index (κ2) is 7.39. The van der Waals surface area contributed by atoms with Gasteiger partial charge in [-0.05, 0) is 23.6 Å². The van der Waals surface area contributed by atoms with Gasteiger partial charge in [-0.1, -0.05) is 49.4 Å². The van der Waals surface area contributed by atoms with Gasteiger partial charge < -0.3 is 14.4 Å². The molecule has 1 amide bonds. The van der Waals surface area contributed by atoms with Crippen molar-refractivity contribution in [2.45, 2.75) is 25.4 Å². The van der Waals surface area contributed by atoms with Crippen molar-refractivity contribution in [3.8, 4) is 11.5 Å². The molecule has 0 saturated carbocycles. The number of hydrogen-bond donors (Lipinski definition) is 0. The lowest BCUT2D eigenvalue weighted by molar-refractivity contribution is -0.131. The summed E-state index contributed by atoms with van der Waals surface area (Å²) in [5.41, 5.74) is 1.19. The molecule has 0 N–H and O–H groups in total. The Labute approximate surface area is 143 Å². The van der Waals surface area contributed by atoms with Crippen LogP contribution in [0.4, 0.5) is 0 Å². The SMILES string of the molecule is C[C@@H](CC(=O)N(C)C[C@@H]1COc2ccccc2O1)c1ccccc1. The number of carbonyl (C=O) groups excluding carboxylic acids is 1. The summed E-state index contributed by atoms with van der Waals surface area (Å²) in [5.74, 6) is 1.83. The van der Waals surface area contributed by atoms with E-state index in [0.29, 0.717) is 19.6 Å². The number of hydrogen-bond acceptors (Lipinski definition) is 3. The second-order valence-corrected chi connectivity index (χ2v) is 6.29. The maximum absolute atomic E-state index is 12.5. The first-order valence-electron chi connectivity index (χ1n) is 8.31. The molecule has 0 fully saturated rings. The highest BCUT2D eigenvalue weighted by Crippen LogP contribution is 2.31. The smallest absolute Gasteiger partial charge is 0.223 e. The van der Waals surface area contributed by atoms with Crippen LogP contribution in [-0.4, -0.2) is 37.1 Å². The third-order valence-corrected chi connectivity index (χ3v) is 4.32. The zero-order valence-corrected chi connectivity index (χ0v) is 14.1. The van der Waals surface area contributed by atoms with Crippen LogP contribution in [0.5, 0.6) is 11.5 Å². The highest BCUT2D eigenvalue weighted by molar-refractivity contribution is 5.76. The first-order valence-corrected chi connectivity index (χ1v) is 8.31. The predicted octanol–water partition coefficient (Wildman–Crippen LogP) is 3.48. The summed E-state index contributed by atoms with van der Waals surface area (Å²) in [6.07, 6.45) is 0.353. The summed E-state index contributed by atoms with van der Waals surface area (Å²) in [4.78, 5) is 14.2. The number of ether oxygens (including phenoxy) is 2. The average Bonchev–Trinajstić information content (AvgIpc) is 2.62. The van der Waals surface area contributed by atoms with E-state index in [9.17, 15) is 4.79 Å². The van der Waals surface area contributed by atoms with Crippen molar-refractivity contribution >= 4 is 5.91 Å². The zero-order chi connectivity index (χ0) is 16.9. The number of benzene rings is 2. The van der Waals surface area contributed by atoms with E-state index < -0.39 is 0 Å². The number of likely N-dealkylation sites (N-methyl/N-ethyl adjacent to an activating group) is 1. The van der Waals surface area contributed by atoms with Gasteiger partial charge in [-0.2, -0.15) is 0 Å². The van der Waals surface area contributed by atoms with Gasteiger partial charge in [0.05, 0.1) is 6.54 Å². The Bertz CT molecular complexity index is 686. The van der Waals surface area contributed by atoms with Crippen LogP contribution in [0, 0.1) is 0 Å². The van der Waals surface area contributed by atoms with Crippen molar-refractivity contribution in [1.29, 1.82) is 0 Å². The Balaban J connectivity index is 1.53. The van der Waals surface area contributed by atoms with Gasteiger partial charge in [0.1, 0.15) is 6.61 Å². The van der Waals surface area contributed by atoms with Gasteiger partial charge in [0, 0.05) is 13.5 Å². The normalized spacial score (nSPS) is 17.2. The van der Waals surface area contributed by atoms with Crippen LogP contribution >= 0.6 is 0 Å². The molecule has 0 aliphatic carbocycles. The van der Waals surface area contributed by atoms with Crippen LogP contribution in [0.15, 0.2) is 54.6 Å². The molecule has 2 aromatic rings. The Kier molecular flexibility index (Phi) is 5.04. The summed E-state index contributed by atoms with van der Waals surface area (Å²) in [6, 6.07) is 17.7. The summed E-state index contributed by atoms with van der Waals surface area (Å²) in [7, 11) is 1.82. The van der Waals surface area contributed by atoms with Gasteiger partial charge in [-0.3, -0.25) is 4.79 Å². The van der Waals surface area contributed by atoms with Crippen LogP contribution in [0.2, 0.25) is 0 Å². The van der Waals surface area contributed by atoms with Crippen molar-refractivity contribution in [2.24, 2.45) is 0 Å². The van der Waals surface area contributed by atoms with Gasteiger partial charge in [-0.15, -0.1) is 0 Å². The minimum atomic E-state index is -0.138. The van der Waals surface area contributed by atoms with E-state index in [1.807, 2.05) is 49.5 Å². The standard InChI is InChI=1S/C20H23NO3/c1-15(16-8-4-3-5-9-16)12-20(22)21(2)13-17-14-23-18-10-6-7-11-19(18)24-17/h3-11,15,17H,12-14H2,1-2H3/t15-,17+/m0/s1. The lowest BCUT2D eigenvalue weighted by Crippen LogP contribution is -2.42. The molecule has 0 saturated heterocycles. The highest BCUT2D eigenvalue weighted by Gasteiger charge is 2.24. The van der Waals surface area contributed by atoms with E-state index in [0.717, 1.165) is 11.5 Å². The molecule has 4 nitrogen and oxygen atoms in total. The molecule has 24 heavy (non-hydrogen) atoms. The van der Waals surface area contributed by atoms with E-state index in [-0.39, 0.29) is 17.9 Å². The number of nitrogens with zero attached hydrogens (tertiary/aromatic N) is 1. The molecule has 0 unspecified atom stereocenters. The van der Waals surface area contributed by atoms with E-state index in [1.165, 1.54) is 5.56 Å². The molecular weight excluding hydrogens is 302 g/mol. The van der Waals surface area contributed by atoms with Gasteiger partial charge >= 0.3 is 0 Å². The summed E-state index contributed by atoms with van der Waals surface area (Å²) >= 11 is 0. The fourth-order valence-electron chi connectivity index (χ4n) is 2.88. The van der Waals surface area contributed by atoms with Gasteiger partial charge in [-0.25, -0.2) is 0 Å². The summed E-state index contributed by atoms with van der Waals surface area (Å²) in [6.45, 7) is 3.06. The first kappa shape index (κ1) is 16.4. The fraction of sp³-hybridized carbons (Fsp3) is 0.350. The van der Waals surface area contributed by atoms with Crippen LogP contribution in [0.25, 0.3) is 0 Å². The molecule has 126 valence electrons. The summed E-state index contributed by atoms with van der Waals surface area (Å²) < 4.78 is 11.6. The molecule has 2 atom stereocenters. The quantitative estimate of drug-likeness (QED) is 0.845. The first-order chi connectivity index (χ1) is 11.6. The fourth-order valence-corrected chi connectivity index (χ4v) is 2.88. The van der Waals surface area contributed by atoms with Crippen LogP contribution in [0.1, 0.15) is 24.8 Å². The molecule has 3 rings (SSSR count). The molecule has 1 aliphatic heterocycles. The molecule has 1 heterocycles. The minimum absolute atomic E-state index is 0.119. The molecule has 0 bridgehead atoms. The van der Waals surface area contributed by atoms with Crippen molar-refractivity contribution in [3.63, 3.8) is 0 Å². The van der Waals surface area contributed by atoms with E-state index in [2.05, 4.69) is 19.1 Å². The predicted molar refractivity (Wildman–Crippen MR) is 93.5 cm³/mol.